The fraction of sp³-hybridized carbons (Fsp3) is 0.500. The normalized spacial score (nSPS) is 20.3. The largest absolute Gasteiger partial charge is 0.343 e. The molecule has 7 heteroatoms. The Balaban J connectivity index is 1.59. The summed E-state index contributed by atoms with van der Waals surface area (Å²) in [4.78, 5) is 28.2. The number of amides is 1. The van der Waals surface area contributed by atoms with Crippen LogP contribution in [0.5, 0.6) is 0 Å². The average Bonchev–Trinajstić information content (AvgIpc) is 3.19. The van der Waals surface area contributed by atoms with Gasteiger partial charge in [-0.3, -0.25) is 9.78 Å². The first-order chi connectivity index (χ1) is 15.0. The van der Waals surface area contributed by atoms with Gasteiger partial charge in [-0.05, 0) is 45.1 Å². The second kappa shape index (κ2) is 9.43. The maximum absolute atomic E-state index is 14.7. The van der Waals surface area contributed by atoms with Crippen LogP contribution >= 0.6 is 11.6 Å². The fourth-order valence-electron chi connectivity index (χ4n) is 4.85. The first-order valence-corrected chi connectivity index (χ1v) is 11.5. The smallest absolute Gasteiger partial charge is 0.225 e. The first-order valence-electron chi connectivity index (χ1n) is 11.2. The van der Waals surface area contributed by atoms with Crippen LogP contribution in [0, 0.1) is 17.7 Å². The van der Waals surface area contributed by atoms with Crippen molar-refractivity contribution >= 4 is 23.1 Å². The predicted molar refractivity (Wildman–Crippen MR) is 119 cm³/mol. The number of halogens is 2. The van der Waals surface area contributed by atoms with Gasteiger partial charge in [0.1, 0.15) is 0 Å². The summed E-state index contributed by atoms with van der Waals surface area (Å²) in [5.41, 5.74) is 3.05. The third-order valence-electron chi connectivity index (χ3n) is 6.54. The summed E-state index contributed by atoms with van der Waals surface area (Å²) in [5.74, 6) is 0.298. The molecule has 0 aliphatic heterocycles. The fourth-order valence-corrected chi connectivity index (χ4v) is 5.01. The van der Waals surface area contributed by atoms with E-state index < -0.39 is 5.82 Å². The molecule has 2 aromatic rings. The molecule has 4 rings (SSSR count). The number of hydrogen-bond acceptors (Lipinski definition) is 4. The molecule has 2 heterocycles. The van der Waals surface area contributed by atoms with Crippen molar-refractivity contribution in [2.24, 2.45) is 11.8 Å². The maximum atomic E-state index is 14.7. The Labute approximate surface area is 187 Å². The summed E-state index contributed by atoms with van der Waals surface area (Å²) >= 11 is 6.13. The molecule has 2 aromatic heterocycles. The molecule has 2 aliphatic carbocycles. The molecule has 0 spiro atoms. The Morgan fingerprint density at radius 2 is 1.97 bits per heavy atom. The standard InChI is InChI=1S/C24H28ClFN4O/c1-3-30(4-2)24(31)17-8-6-5-7-15(17)11-22-20(26)14-28-23(29-22)18-9-10-21-19(18)12-16(25)13-27-21/h9,12-15,17H,3-8,10-11H2,1-2H3/t15-,17-/m1/s1. The van der Waals surface area contributed by atoms with Gasteiger partial charge in [0.15, 0.2) is 11.6 Å². The van der Waals surface area contributed by atoms with Gasteiger partial charge in [0.25, 0.3) is 0 Å². The Bertz CT molecular complexity index is 1010. The van der Waals surface area contributed by atoms with Crippen LogP contribution in [-0.2, 0) is 17.6 Å². The summed E-state index contributed by atoms with van der Waals surface area (Å²) < 4.78 is 14.7. The highest BCUT2D eigenvalue weighted by molar-refractivity contribution is 6.30. The topological polar surface area (TPSA) is 59.0 Å². The van der Waals surface area contributed by atoms with Crippen molar-refractivity contribution in [3.05, 3.63) is 58.2 Å². The number of allylic oxidation sites excluding steroid dienone is 1. The maximum Gasteiger partial charge on any atom is 0.225 e. The number of fused-ring (bicyclic) bond motifs is 1. The van der Waals surface area contributed by atoms with Crippen LogP contribution in [0.4, 0.5) is 4.39 Å². The van der Waals surface area contributed by atoms with E-state index in [1.807, 2.05) is 30.9 Å². The molecule has 1 fully saturated rings. The van der Waals surface area contributed by atoms with E-state index in [2.05, 4.69) is 15.0 Å². The zero-order chi connectivity index (χ0) is 22.0. The van der Waals surface area contributed by atoms with Crippen LogP contribution in [0.3, 0.4) is 0 Å². The van der Waals surface area contributed by atoms with Gasteiger partial charge in [-0.2, -0.15) is 0 Å². The van der Waals surface area contributed by atoms with Gasteiger partial charge in [0.05, 0.1) is 22.6 Å². The van der Waals surface area contributed by atoms with E-state index in [9.17, 15) is 9.18 Å². The van der Waals surface area contributed by atoms with Crippen LogP contribution in [0.2, 0.25) is 5.02 Å². The molecular weight excluding hydrogens is 415 g/mol. The van der Waals surface area contributed by atoms with Crippen LogP contribution in [-0.4, -0.2) is 38.8 Å². The lowest BCUT2D eigenvalue weighted by atomic mass is 9.76. The average molecular weight is 443 g/mol. The lowest BCUT2D eigenvalue weighted by molar-refractivity contribution is -0.138. The summed E-state index contributed by atoms with van der Waals surface area (Å²) in [6.45, 7) is 5.41. The lowest BCUT2D eigenvalue weighted by Crippen LogP contribution is -2.40. The van der Waals surface area contributed by atoms with E-state index in [1.165, 1.54) is 6.20 Å². The molecule has 1 amide bonds. The highest BCUT2D eigenvalue weighted by Crippen LogP contribution is 2.35. The number of rotatable bonds is 6. The minimum Gasteiger partial charge on any atom is -0.343 e. The Kier molecular flexibility index (Phi) is 6.65. The minimum atomic E-state index is -0.411. The molecule has 31 heavy (non-hydrogen) atoms. The molecule has 0 saturated heterocycles. The monoisotopic (exact) mass is 442 g/mol. The number of pyridine rings is 1. The SMILES string of the molecule is CCN(CC)C(=O)[C@@H]1CCCC[C@@H]1Cc1nc(C2=CCc3ncc(Cl)cc32)ncc1F. The predicted octanol–water partition coefficient (Wildman–Crippen LogP) is 4.87. The number of nitrogens with zero attached hydrogens (tertiary/aromatic N) is 4. The van der Waals surface area contributed by atoms with E-state index in [0.717, 1.165) is 42.5 Å². The van der Waals surface area contributed by atoms with Crippen molar-refractivity contribution in [3.63, 3.8) is 0 Å². The molecule has 1 saturated carbocycles. The molecule has 2 aliphatic rings. The van der Waals surface area contributed by atoms with Crippen LogP contribution in [0.1, 0.15) is 62.3 Å². The molecule has 0 N–H and O–H groups in total. The minimum absolute atomic E-state index is 0.0686. The van der Waals surface area contributed by atoms with E-state index in [0.29, 0.717) is 42.5 Å². The van der Waals surface area contributed by atoms with Gasteiger partial charge < -0.3 is 4.90 Å². The summed E-state index contributed by atoms with van der Waals surface area (Å²) in [6, 6.07) is 1.86. The van der Waals surface area contributed by atoms with Crippen LogP contribution in [0.15, 0.2) is 24.5 Å². The van der Waals surface area contributed by atoms with Gasteiger partial charge in [-0.1, -0.05) is 30.5 Å². The van der Waals surface area contributed by atoms with Crippen molar-refractivity contribution in [1.29, 1.82) is 0 Å². The van der Waals surface area contributed by atoms with Gasteiger partial charge in [0.2, 0.25) is 5.91 Å². The Hall–Kier alpha value is -2.34. The molecule has 5 nitrogen and oxygen atoms in total. The van der Waals surface area contributed by atoms with Gasteiger partial charge in [0, 0.05) is 42.8 Å². The lowest BCUT2D eigenvalue weighted by Gasteiger charge is -2.34. The van der Waals surface area contributed by atoms with Crippen molar-refractivity contribution in [1.82, 2.24) is 19.9 Å². The van der Waals surface area contributed by atoms with Crippen molar-refractivity contribution < 1.29 is 9.18 Å². The molecule has 2 atom stereocenters. The van der Waals surface area contributed by atoms with Gasteiger partial charge in [-0.25, -0.2) is 14.4 Å². The number of carbonyl (C=O) groups excluding carboxylic acids is 1. The second-order valence-electron chi connectivity index (χ2n) is 8.32. The molecule has 0 bridgehead atoms. The second-order valence-corrected chi connectivity index (χ2v) is 8.76. The molecule has 0 aromatic carbocycles. The summed E-state index contributed by atoms with van der Waals surface area (Å²) in [5, 5.41) is 0.550. The van der Waals surface area contributed by atoms with Crippen LogP contribution < -0.4 is 0 Å². The Morgan fingerprint density at radius 1 is 1.19 bits per heavy atom. The summed E-state index contributed by atoms with van der Waals surface area (Å²) in [7, 11) is 0. The summed E-state index contributed by atoms with van der Waals surface area (Å²) in [6.07, 6.45) is 9.91. The molecule has 0 unspecified atom stereocenters. The quantitative estimate of drug-likeness (QED) is 0.640. The van der Waals surface area contributed by atoms with E-state index in [-0.39, 0.29) is 17.7 Å². The highest BCUT2D eigenvalue weighted by atomic mass is 35.5. The zero-order valence-corrected chi connectivity index (χ0v) is 18.8. The zero-order valence-electron chi connectivity index (χ0n) is 18.1. The third-order valence-corrected chi connectivity index (χ3v) is 6.75. The van der Waals surface area contributed by atoms with Crippen LogP contribution in [0.25, 0.3) is 5.57 Å². The van der Waals surface area contributed by atoms with Gasteiger partial charge in [-0.15, -0.1) is 0 Å². The number of aromatic nitrogens is 3. The molecule has 0 radical (unpaired) electrons. The van der Waals surface area contributed by atoms with E-state index in [1.54, 1.807) is 6.20 Å². The third kappa shape index (κ3) is 4.49. The number of carbonyl (C=O) groups is 1. The highest BCUT2D eigenvalue weighted by Gasteiger charge is 2.34. The van der Waals surface area contributed by atoms with Crippen molar-refractivity contribution in [2.75, 3.05) is 13.1 Å². The van der Waals surface area contributed by atoms with Crippen molar-refractivity contribution in [3.8, 4) is 0 Å². The molecular formula is C24H28ClFN4O. The van der Waals surface area contributed by atoms with E-state index >= 15 is 0 Å². The Morgan fingerprint density at radius 3 is 2.74 bits per heavy atom. The van der Waals surface area contributed by atoms with E-state index in [4.69, 9.17) is 11.6 Å². The van der Waals surface area contributed by atoms with Crippen molar-refractivity contribution in [2.45, 2.75) is 52.4 Å². The first kappa shape index (κ1) is 21.9. The van der Waals surface area contributed by atoms with Gasteiger partial charge >= 0.3 is 0 Å². The number of hydrogen-bond donors (Lipinski definition) is 0. The molecule has 164 valence electrons.